The molecule has 1 heterocycles. The fourth-order valence-corrected chi connectivity index (χ4v) is 2.12. The number of halogens is 3. The zero-order valence-corrected chi connectivity index (χ0v) is 11.3. The molecule has 0 radical (unpaired) electrons. The van der Waals surface area contributed by atoms with Crippen molar-refractivity contribution in [2.75, 3.05) is 0 Å². The number of aryl methyl sites for hydroxylation is 1. The van der Waals surface area contributed by atoms with Crippen LogP contribution < -0.4 is 0 Å². The van der Waals surface area contributed by atoms with E-state index in [9.17, 15) is 13.2 Å². The van der Waals surface area contributed by atoms with Gasteiger partial charge in [0.2, 0.25) is 0 Å². The van der Waals surface area contributed by atoms with E-state index in [0.29, 0.717) is 10.6 Å². The van der Waals surface area contributed by atoms with E-state index < -0.39 is 11.9 Å². The topological polar surface area (TPSA) is 17.8 Å². The Labute approximate surface area is 109 Å². The molecule has 0 aliphatic carbocycles. The minimum absolute atomic E-state index is 0.326. The van der Waals surface area contributed by atoms with Gasteiger partial charge in [-0.05, 0) is 24.3 Å². The normalized spacial score (nSPS) is 12.9. The molecule has 100 valence electrons. The first-order chi connectivity index (χ1) is 8.29. The molecule has 0 saturated carbocycles. The molecule has 2 nitrogen and oxygen atoms in total. The van der Waals surface area contributed by atoms with E-state index in [4.69, 9.17) is 0 Å². The van der Waals surface area contributed by atoms with Crippen LogP contribution in [0.15, 0.2) is 23.6 Å². The van der Waals surface area contributed by atoms with Crippen LogP contribution in [0.1, 0.15) is 31.7 Å². The fraction of sp³-hybridized carbons (Fsp3) is 0.417. The summed E-state index contributed by atoms with van der Waals surface area (Å²) in [7, 11) is 1.29. The van der Waals surface area contributed by atoms with Crippen LogP contribution in [0.2, 0.25) is 0 Å². The van der Waals surface area contributed by atoms with Gasteiger partial charge in [0.1, 0.15) is 5.69 Å². The highest BCUT2D eigenvalue weighted by atomic mass is 32.2. The van der Waals surface area contributed by atoms with E-state index >= 15 is 0 Å². The van der Waals surface area contributed by atoms with Gasteiger partial charge in [0.25, 0.3) is 0 Å². The quantitative estimate of drug-likeness (QED) is 0.808. The van der Waals surface area contributed by atoms with Crippen LogP contribution in [-0.4, -0.2) is 9.78 Å². The molecule has 0 N–H and O–H groups in total. The summed E-state index contributed by atoms with van der Waals surface area (Å²) in [6.07, 6.45) is -1.87. The molecule has 1 rings (SSSR count). The molecule has 0 amide bonds. The third-order valence-electron chi connectivity index (χ3n) is 2.33. The predicted octanol–water partition coefficient (Wildman–Crippen LogP) is 4.46. The zero-order valence-electron chi connectivity index (χ0n) is 10.5. The van der Waals surface area contributed by atoms with Crippen LogP contribution in [-0.2, 0) is 13.2 Å². The molecule has 0 atom stereocenters. The number of hydrogen-bond donors (Lipinski definition) is 0. The number of thioether (sulfide) groups is 1. The van der Waals surface area contributed by atoms with Crippen molar-refractivity contribution in [2.45, 2.75) is 26.4 Å². The Morgan fingerprint density at radius 1 is 1.56 bits per heavy atom. The molecule has 0 aromatic carbocycles. The lowest BCUT2D eigenvalue weighted by Crippen LogP contribution is -2.11. The van der Waals surface area contributed by atoms with Crippen LogP contribution in [0.3, 0.4) is 0 Å². The van der Waals surface area contributed by atoms with Crippen molar-refractivity contribution in [3.63, 3.8) is 0 Å². The molecule has 0 saturated heterocycles. The number of allylic oxidation sites excluding steroid dienone is 2. The molecule has 0 bridgehead atoms. The Morgan fingerprint density at radius 2 is 2.17 bits per heavy atom. The number of nitrogens with zero attached hydrogens (tertiary/aromatic N) is 2. The highest BCUT2D eigenvalue weighted by Crippen LogP contribution is 2.36. The summed E-state index contributed by atoms with van der Waals surface area (Å²) < 4.78 is 38.8. The Bertz CT molecular complexity index is 472. The van der Waals surface area contributed by atoms with E-state index in [1.54, 1.807) is 13.0 Å². The molecule has 18 heavy (non-hydrogen) atoms. The zero-order chi connectivity index (χ0) is 13.9. The molecule has 0 fully saturated rings. The number of hydrogen-bond acceptors (Lipinski definition) is 2. The number of rotatable bonds is 4. The molecular weight excluding hydrogens is 261 g/mol. The first-order valence-corrected chi connectivity index (χ1v) is 6.24. The highest BCUT2D eigenvalue weighted by molar-refractivity contribution is 8.11. The van der Waals surface area contributed by atoms with Gasteiger partial charge in [-0.2, -0.15) is 18.3 Å². The average molecular weight is 276 g/mol. The van der Waals surface area contributed by atoms with Gasteiger partial charge in [-0.1, -0.05) is 31.3 Å². The number of alkyl halides is 3. The Hall–Kier alpha value is -1.17. The van der Waals surface area contributed by atoms with Crippen molar-refractivity contribution >= 4 is 16.7 Å². The molecule has 1 aromatic rings. The number of aromatic nitrogens is 2. The summed E-state index contributed by atoms with van der Waals surface area (Å²) in [4.78, 5) is 1.58. The standard InChI is InChI=1S/C12H15F3N2S/c1-5-8(3)18-10(6-2)9-7-11(12(13,14)15)17(4)16-9/h6-7H,3,5H2,1-2,4H3/b10-6-. The van der Waals surface area contributed by atoms with E-state index in [1.165, 1.54) is 18.8 Å². The fourth-order valence-electron chi connectivity index (χ4n) is 1.34. The van der Waals surface area contributed by atoms with Gasteiger partial charge in [-0.15, -0.1) is 0 Å². The second-order valence-corrected chi connectivity index (χ2v) is 4.90. The van der Waals surface area contributed by atoms with Crippen LogP contribution >= 0.6 is 11.8 Å². The summed E-state index contributed by atoms with van der Waals surface area (Å²) in [6, 6.07) is 1.06. The van der Waals surface area contributed by atoms with E-state index in [0.717, 1.165) is 22.1 Å². The second-order valence-electron chi connectivity index (χ2n) is 3.68. The largest absolute Gasteiger partial charge is 0.433 e. The van der Waals surface area contributed by atoms with Gasteiger partial charge in [0, 0.05) is 12.0 Å². The van der Waals surface area contributed by atoms with E-state index in [2.05, 4.69) is 11.7 Å². The van der Waals surface area contributed by atoms with Crippen molar-refractivity contribution in [1.82, 2.24) is 9.78 Å². The van der Waals surface area contributed by atoms with Gasteiger partial charge in [0.05, 0.1) is 5.69 Å². The van der Waals surface area contributed by atoms with Gasteiger partial charge in [-0.25, -0.2) is 0 Å². The van der Waals surface area contributed by atoms with Gasteiger partial charge >= 0.3 is 6.18 Å². The lowest BCUT2D eigenvalue weighted by molar-refractivity contribution is -0.143. The maximum atomic E-state index is 12.7. The minimum Gasteiger partial charge on any atom is -0.263 e. The highest BCUT2D eigenvalue weighted by Gasteiger charge is 2.35. The molecule has 1 aromatic heterocycles. The lowest BCUT2D eigenvalue weighted by Gasteiger charge is -2.04. The SMILES string of the molecule is C=C(CC)S/C(=C\C)c1cc(C(F)(F)F)n(C)n1. The summed E-state index contributed by atoms with van der Waals surface area (Å²) in [5.41, 5.74) is -0.425. The molecule has 0 unspecified atom stereocenters. The summed E-state index contributed by atoms with van der Waals surface area (Å²) >= 11 is 1.35. The van der Waals surface area contributed by atoms with Crippen LogP contribution in [0.25, 0.3) is 4.91 Å². The van der Waals surface area contributed by atoms with Crippen molar-refractivity contribution in [2.24, 2.45) is 7.05 Å². The summed E-state index contributed by atoms with van der Waals surface area (Å²) in [5, 5.41) is 3.90. The van der Waals surface area contributed by atoms with Crippen molar-refractivity contribution in [3.05, 3.63) is 35.0 Å². The Balaban J connectivity index is 3.07. The molecule has 0 aliphatic rings. The maximum Gasteiger partial charge on any atom is 0.433 e. The first kappa shape index (κ1) is 14.9. The monoisotopic (exact) mass is 276 g/mol. The van der Waals surface area contributed by atoms with E-state index in [-0.39, 0.29) is 0 Å². The molecule has 0 spiro atoms. The summed E-state index contributed by atoms with van der Waals surface area (Å²) in [5.74, 6) is 0. The molecule has 0 aliphatic heterocycles. The van der Waals surface area contributed by atoms with Crippen molar-refractivity contribution in [3.8, 4) is 0 Å². The maximum absolute atomic E-state index is 12.7. The smallest absolute Gasteiger partial charge is 0.263 e. The van der Waals surface area contributed by atoms with Crippen molar-refractivity contribution < 1.29 is 13.2 Å². The van der Waals surface area contributed by atoms with Crippen LogP contribution in [0.4, 0.5) is 13.2 Å². The predicted molar refractivity (Wildman–Crippen MR) is 68.9 cm³/mol. The third-order valence-corrected chi connectivity index (χ3v) is 3.58. The van der Waals surface area contributed by atoms with Crippen LogP contribution in [0.5, 0.6) is 0 Å². The second kappa shape index (κ2) is 5.65. The minimum atomic E-state index is -4.38. The van der Waals surface area contributed by atoms with E-state index in [1.807, 2.05) is 6.92 Å². The van der Waals surface area contributed by atoms with Crippen LogP contribution in [0, 0.1) is 0 Å². The summed E-state index contributed by atoms with van der Waals surface area (Å²) in [6.45, 7) is 7.55. The average Bonchev–Trinajstić information content (AvgIpc) is 2.67. The molecular formula is C12H15F3N2S. The Kier molecular flexibility index (Phi) is 4.67. The van der Waals surface area contributed by atoms with Gasteiger partial charge in [0.15, 0.2) is 0 Å². The van der Waals surface area contributed by atoms with Gasteiger partial charge in [-0.3, -0.25) is 4.68 Å². The Morgan fingerprint density at radius 3 is 2.56 bits per heavy atom. The first-order valence-electron chi connectivity index (χ1n) is 5.43. The lowest BCUT2D eigenvalue weighted by atomic mass is 10.3. The molecule has 6 heteroatoms. The van der Waals surface area contributed by atoms with Crippen molar-refractivity contribution in [1.29, 1.82) is 0 Å². The van der Waals surface area contributed by atoms with Gasteiger partial charge < -0.3 is 0 Å². The third kappa shape index (κ3) is 3.41.